The number of hydrogen-bond donors (Lipinski definition) is 2. The summed E-state index contributed by atoms with van der Waals surface area (Å²) in [6.07, 6.45) is 2.86. The van der Waals surface area contributed by atoms with Crippen molar-refractivity contribution >= 4 is 0 Å². The molecule has 56 valence electrons. The number of fused-ring (bicyclic) bond motifs is 1. The SMILES string of the molecule is NCC1CC1C1NC2CC21. The fourth-order valence-electron chi connectivity index (χ4n) is 2.48. The number of nitrogens with two attached hydrogens (primary N) is 1. The number of nitrogens with one attached hydrogen (secondary N) is 1. The first-order valence-corrected chi connectivity index (χ1v) is 4.36. The summed E-state index contributed by atoms with van der Waals surface area (Å²) in [5.74, 6) is 2.91. The molecule has 0 radical (unpaired) electrons. The molecule has 0 aromatic carbocycles. The van der Waals surface area contributed by atoms with E-state index in [1.165, 1.54) is 12.8 Å². The molecule has 10 heavy (non-hydrogen) atoms. The first-order valence-electron chi connectivity index (χ1n) is 4.36. The summed E-state index contributed by atoms with van der Waals surface area (Å²) in [5, 5.41) is 3.59. The lowest BCUT2D eigenvalue weighted by Gasteiger charge is -2.27. The van der Waals surface area contributed by atoms with E-state index in [1.54, 1.807) is 0 Å². The Balaban J connectivity index is 1.60. The fraction of sp³-hybridized carbons (Fsp3) is 1.00. The molecule has 0 aromatic heterocycles. The summed E-state index contributed by atoms with van der Waals surface area (Å²) in [5.41, 5.74) is 5.57. The molecule has 0 bridgehead atoms. The average molecular weight is 138 g/mol. The van der Waals surface area contributed by atoms with Gasteiger partial charge in [-0.05, 0) is 37.1 Å². The predicted molar refractivity (Wildman–Crippen MR) is 39.5 cm³/mol. The second kappa shape index (κ2) is 1.56. The summed E-state index contributed by atoms with van der Waals surface area (Å²) in [4.78, 5) is 0. The van der Waals surface area contributed by atoms with Crippen LogP contribution >= 0.6 is 0 Å². The highest BCUT2D eigenvalue weighted by Crippen LogP contribution is 2.54. The molecule has 2 heteroatoms. The van der Waals surface area contributed by atoms with Crippen LogP contribution in [0.2, 0.25) is 0 Å². The van der Waals surface area contributed by atoms with Crippen molar-refractivity contribution in [3.8, 4) is 0 Å². The Labute approximate surface area is 61.2 Å². The van der Waals surface area contributed by atoms with Crippen LogP contribution in [0.3, 0.4) is 0 Å². The van der Waals surface area contributed by atoms with Gasteiger partial charge in [0.05, 0.1) is 0 Å². The molecular weight excluding hydrogens is 124 g/mol. The molecule has 3 fully saturated rings. The van der Waals surface area contributed by atoms with E-state index in [1.807, 2.05) is 0 Å². The summed E-state index contributed by atoms with van der Waals surface area (Å²) in [6, 6.07) is 1.82. The Morgan fingerprint density at radius 3 is 2.60 bits per heavy atom. The second-order valence-corrected chi connectivity index (χ2v) is 4.09. The van der Waals surface area contributed by atoms with Gasteiger partial charge in [-0.2, -0.15) is 0 Å². The molecule has 2 saturated carbocycles. The van der Waals surface area contributed by atoms with Crippen LogP contribution in [0.1, 0.15) is 12.8 Å². The lowest BCUT2D eigenvalue weighted by molar-refractivity contribution is 0.306. The van der Waals surface area contributed by atoms with Crippen LogP contribution in [-0.2, 0) is 0 Å². The standard InChI is InChI=1S/C8H14N2/c9-3-4-1-5(4)8-6-2-7(6)10-8/h4-8,10H,1-3,9H2. The summed E-state index contributed by atoms with van der Waals surface area (Å²) in [6.45, 7) is 0.917. The molecule has 0 aromatic rings. The molecular formula is C8H14N2. The van der Waals surface area contributed by atoms with E-state index in [2.05, 4.69) is 5.32 Å². The maximum Gasteiger partial charge on any atom is 0.0145 e. The zero-order valence-electron chi connectivity index (χ0n) is 6.09. The van der Waals surface area contributed by atoms with Gasteiger partial charge < -0.3 is 11.1 Å². The van der Waals surface area contributed by atoms with Crippen LogP contribution in [0.15, 0.2) is 0 Å². The van der Waals surface area contributed by atoms with E-state index < -0.39 is 0 Å². The van der Waals surface area contributed by atoms with Gasteiger partial charge in [-0.25, -0.2) is 0 Å². The molecule has 0 amide bonds. The van der Waals surface area contributed by atoms with E-state index in [9.17, 15) is 0 Å². The largest absolute Gasteiger partial charge is 0.330 e. The Kier molecular flexibility index (Phi) is 0.868. The first kappa shape index (κ1) is 5.56. The van der Waals surface area contributed by atoms with E-state index in [4.69, 9.17) is 5.73 Å². The normalized spacial score (nSPS) is 62.7. The van der Waals surface area contributed by atoms with Gasteiger partial charge in [-0.1, -0.05) is 0 Å². The van der Waals surface area contributed by atoms with Gasteiger partial charge in [0.25, 0.3) is 0 Å². The monoisotopic (exact) mass is 138 g/mol. The molecule has 5 atom stereocenters. The minimum atomic E-state index is 0.874. The molecule has 1 aliphatic heterocycles. The minimum absolute atomic E-state index is 0.874. The van der Waals surface area contributed by atoms with Crippen LogP contribution < -0.4 is 11.1 Å². The molecule has 3 rings (SSSR count). The van der Waals surface area contributed by atoms with Gasteiger partial charge in [0.2, 0.25) is 0 Å². The number of hydrogen-bond acceptors (Lipinski definition) is 2. The third-order valence-electron chi connectivity index (χ3n) is 3.45. The topological polar surface area (TPSA) is 38.0 Å². The maximum absolute atomic E-state index is 5.57. The van der Waals surface area contributed by atoms with E-state index >= 15 is 0 Å². The van der Waals surface area contributed by atoms with E-state index in [-0.39, 0.29) is 0 Å². The Hall–Kier alpha value is -0.0800. The molecule has 2 aliphatic carbocycles. The smallest absolute Gasteiger partial charge is 0.0145 e. The Morgan fingerprint density at radius 2 is 2.20 bits per heavy atom. The van der Waals surface area contributed by atoms with Gasteiger partial charge in [-0.3, -0.25) is 0 Å². The van der Waals surface area contributed by atoms with Crippen LogP contribution in [-0.4, -0.2) is 18.6 Å². The lowest BCUT2D eigenvalue weighted by Crippen LogP contribution is -2.47. The highest BCUT2D eigenvalue weighted by Gasteiger charge is 2.60. The molecule has 1 heterocycles. The zero-order valence-corrected chi connectivity index (χ0v) is 6.09. The van der Waals surface area contributed by atoms with Crippen LogP contribution in [0.25, 0.3) is 0 Å². The summed E-state index contributed by atoms with van der Waals surface area (Å²) in [7, 11) is 0. The lowest BCUT2D eigenvalue weighted by atomic mass is 10.00. The average Bonchev–Trinajstić information content (AvgIpc) is 2.74. The van der Waals surface area contributed by atoms with Crippen molar-refractivity contribution in [3.05, 3.63) is 0 Å². The molecule has 0 spiro atoms. The van der Waals surface area contributed by atoms with Crippen molar-refractivity contribution in [3.63, 3.8) is 0 Å². The summed E-state index contributed by atoms with van der Waals surface area (Å²) < 4.78 is 0. The van der Waals surface area contributed by atoms with Gasteiger partial charge in [0, 0.05) is 12.1 Å². The second-order valence-electron chi connectivity index (χ2n) is 4.09. The molecule has 5 unspecified atom stereocenters. The van der Waals surface area contributed by atoms with Crippen LogP contribution in [0, 0.1) is 17.8 Å². The Bertz CT molecular complexity index is 169. The highest BCUT2D eigenvalue weighted by molar-refractivity contribution is 5.17. The van der Waals surface area contributed by atoms with Crippen LogP contribution in [0.5, 0.6) is 0 Å². The quantitative estimate of drug-likeness (QED) is 0.561. The van der Waals surface area contributed by atoms with Crippen molar-refractivity contribution in [2.24, 2.45) is 23.5 Å². The zero-order chi connectivity index (χ0) is 6.72. The molecule has 3 N–H and O–H groups in total. The maximum atomic E-state index is 5.57. The summed E-state index contributed by atoms with van der Waals surface area (Å²) >= 11 is 0. The van der Waals surface area contributed by atoms with Crippen molar-refractivity contribution < 1.29 is 0 Å². The van der Waals surface area contributed by atoms with Crippen molar-refractivity contribution in [1.29, 1.82) is 0 Å². The van der Waals surface area contributed by atoms with E-state index in [0.717, 1.165) is 36.4 Å². The van der Waals surface area contributed by atoms with Crippen molar-refractivity contribution in [1.82, 2.24) is 5.32 Å². The van der Waals surface area contributed by atoms with Crippen molar-refractivity contribution in [2.45, 2.75) is 24.9 Å². The van der Waals surface area contributed by atoms with Gasteiger partial charge in [-0.15, -0.1) is 0 Å². The minimum Gasteiger partial charge on any atom is -0.330 e. The van der Waals surface area contributed by atoms with E-state index in [0.29, 0.717) is 0 Å². The highest BCUT2D eigenvalue weighted by atomic mass is 15.1. The predicted octanol–water partition coefficient (Wildman–Crippen LogP) is -0.0585. The fourth-order valence-corrected chi connectivity index (χ4v) is 2.48. The van der Waals surface area contributed by atoms with Gasteiger partial charge >= 0.3 is 0 Å². The first-order chi connectivity index (χ1) is 4.90. The molecule has 2 nitrogen and oxygen atoms in total. The Morgan fingerprint density at radius 1 is 1.30 bits per heavy atom. The van der Waals surface area contributed by atoms with Gasteiger partial charge in [0.15, 0.2) is 0 Å². The third-order valence-corrected chi connectivity index (χ3v) is 3.45. The van der Waals surface area contributed by atoms with Crippen molar-refractivity contribution in [2.75, 3.05) is 6.54 Å². The van der Waals surface area contributed by atoms with Crippen LogP contribution in [0.4, 0.5) is 0 Å². The molecule has 1 saturated heterocycles. The van der Waals surface area contributed by atoms with Gasteiger partial charge in [0.1, 0.15) is 0 Å². The number of rotatable bonds is 2. The molecule has 3 aliphatic rings. The third kappa shape index (κ3) is 0.565.